The average Bonchev–Trinajstić information content (AvgIpc) is 2.75. The summed E-state index contributed by atoms with van der Waals surface area (Å²) >= 11 is 0. The van der Waals surface area contributed by atoms with E-state index < -0.39 is 0 Å². The molecule has 0 saturated heterocycles. The van der Waals surface area contributed by atoms with E-state index in [0.29, 0.717) is 35.5 Å². The molecule has 0 bridgehead atoms. The highest BCUT2D eigenvalue weighted by Gasteiger charge is 2.16. The first kappa shape index (κ1) is 19.6. The number of hydrogen-bond donors (Lipinski definition) is 2. The lowest BCUT2D eigenvalue weighted by Gasteiger charge is -2.18. The normalized spacial score (nSPS) is 12.5. The van der Waals surface area contributed by atoms with Gasteiger partial charge in [-0.1, -0.05) is 42.5 Å². The molecule has 3 aromatic carbocycles. The molecule has 0 atom stereocenters. The maximum absolute atomic E-state index is 13.9. The van der Waals surface area contributed by atoms with Gasteiger partial charge in [0.15, 0.2) is 6.61 Å². The van der Waals surface area contributed by atoms with E-state index in [1.807, 2.05) is 30.3 Å². The predicted molar refractivity (Wildman–Crippen MR) is 114 cm³/mol. The summed E-state index contributed by atoms with van der Waals surface area (Å²) in [7, 11) is 0. The monoisotopic (exact) mass is 404 g/mol. The van der Waals surface area contributed by atoms with Gasteiger partial charge in [0.05, 0.1) is 5.69 Å². The third-order valence-corrected chi connectivity index (χ3v) is 4.91. The molecule has 1 aliphatic heterocycles. The fraction of sp³-hybridized carbons (Fsp3) is 0.167. The van der Waals surface area contributed by atoms with Crippen molar-refractivity contribution in [2.75, 3.05) is 17.2 Å². The predicted octanol–water partition coefficient (Wildman–Crippen LogP) is 4.79. The van der Waals surface area contributed by atoms with Crippen LogP contribution in [0.4, 0.5) is 15.8 Å². The van der Waals surface area contributed by atoms with Crippen LogP contribution in [0.15, 0.2) is 66.7 Å². The van der Waals surface area contributed by atoms with Crippen molar-refractivity contribution in [1.82, 2.24) is 0 Å². The molecule has 0 fully saturated rings. The van der Waals surface area contributed by atoms with Gasteiger partial charge in [-0.05, 0) is 42.2 Å². The van der Waals surface area contributed by atoms with E-state index in [1.54, 1.807) is 30.3 Å². The van der Waals surface area contributed by atoms with Gasteiger partial charge in [-0.2, -0.15) is 0 Å². The molecular formula is C24H21FN2O3. The minimum Gasteiger partial charge on any atom is -0.482 e. The zero-order valence-corrected chi connectivity index (χ0v) is 16.3. The van der Waals surface area contributed by atoms with Gasteiger partial charge in [-0.15, -0.1) is 0 Å². The van der Waals surface area contributed by atoms with Crippen molar-refractivity contribution in [2.45, 2.75) is 19.3 Å². The molecule has 30 heavy (non-hydrogen) atoms. The number of hydrogen-bond acceptors (Lipinski definition) is 3. The Morgan fingerprint density at radius 2 is 1.87 bits per heavy atom. The van der Waals surface area contributed by atoms with Crippen molar-refractivity contribution in [3.63, 3.8) is 0 Å². The highest BCUT2D eigenvalue weighted by Crippen LogP contribution is 2.30. The number of amides is 2. The van der Waals surface area contributed by atoms with E-state index in [9.17, 15) is 14.0 Å². The van der Waals surface area contributed by atoms with Gasteiger partial charge >= 0.3 is 0 Å². The highest BCUT2D eigenvalue weighted by atomic mass is 19.1. The van der Waals surface area contributed by atoms with E-state index in [2.05, 4.69) is 10.6 Å². The van der Waals surface area contributed by atoms with Crippen LogP contribution in [-0.4, -0.2) is 18.4 Å². The molecule has 0 aliphatic carbocycles. The van der Waals surface area contributed by atoms with E-state index >= 15 is 0 Å². The van der Waals surface area contributed by atoms with Crippen molar-refractivity contribution in [3.8, 4) is 16.9 Å². The van der Waals surface area contributed by atoms with Crippen LogP contribution in [0.2, 0.25) is 0 Å². The second-order valence-corrected chi connectivity index (χ2v) is 7.13. The van der Waals surface area contributed by atoms with Gasteiger partial charge in [-0.25, -0.2) is 4.39 Å². The van der Waals surface area contributed by atoms with Gasteiger partial charge in [0.1, 0.15) is 11.6 Å². The van der Waals surface area contributed by atoms with Crippen molar-refractivity contribution in [3.05, 3.63) is 78.1 Å². The maximum atomic E-state index is 13.9. The van der Waals surface area contributed by atoms with Crippen LogP contribution in [0.1, 0.15) is 18.4 Å². The molecule has 152 valence electrons. The Morgan fingerprint density at radius 3 is 2.67 bits per heavy atom. The molecule has 6 heteroatoms. The quantitative estimate of drug-likeness (QED) is 0.621. The maximum Gasteiger partial charge on any atom is 0.262 e. The number of anilines is 2. The summed E-state index contributed by atoms with van der Waals surface area (Å²) in [5, 5.41) is 5.57. The molecule has 0 unspecified atom stereocenters. The SMILES string of the molecule is O=C(CCCc1ccc(-c2ccccc2F)cc1)Nc1ccc2c(c1)OCC(=O)N2. The summed E-state index contributed by atoms with van der Waals surface area (Å²) in [5.41, 5.74) is 3.74. The summed E-state index contributed by atoms with van der Waals surface area (Å²) in [6.45, 7) is -0.0277. The number of ether oxygens (including phenoxy) is 1. The molecular weight excluding hydrogens is 383 g/mol. The standard InChI is InChI=1S/C24H21FN2O3/c25-20-6-2-1-5-19(20)17-10-8-16(9-11-17)4-3-7-23(28)26-18-12-13-21-22(14-18)30-15-24(29)27-21/h1-2,5-6,8-14H,3-4,7,15H2,(H,26,28)(H,27,29). The summed E-state index contributed by atoms with van der Waals surface area (Å²) in [5.74, 6) is 0.0261. The fourth-order valence-corrected chi connectivity index (χ4v) is 3.38. The van der Waals surface area contributed by atoms with Crippen molar-refractivity contribution in [2.24, 2.45) is 0 Å². The Bertz CT molecular complexity index is 1080. The number of carbonyl (C=O) groups excluding carboxylic acids is 2. The summed E-state index contributed by atoms with van der Waals surface area (Å²) in [6, 6.07) is 19.6. The van der Waals surface area contributed by atoms with Crippen molar-refractivity contribution < 1.29 is 18.7 Å². The third kappa shape index (κ3) is 4.66. The number of halogens is 1. The smallest absolute Gasteiger partial charge is 0.262 e. The van der Waals surface area contributed by atoms with Crippen LogP contribution in [0.3, 0.4) is 0 Å². The van der Waals surface area contributed by atoms with Crippen LogP contribution in [-0.2, 0) is 16.0 Å². The lowest BCUT2D eigenvalue weighted by molar-refractivity contribution is -0.118. The fourth-order valence-electron chi connectivity index (χ4n) is 3.38. The lowest BCUT2D eigenvalue weighted by atomic mass is 10.0. The Hall–Kier alpha value is -3.67. The second kappa shape index (κ2) is 8.78. The second-order valence-electron chi connectivity index (χ2n) is 7.13. The number of nitrogens with one attached hydrogen (secondary N) is 2. The lowest BCUT2D eigenvalue weighted by Crippen LogP contribution is -2.25. The van der Waals surface area contributed by atoms with Crippen molar-refractivity contribution >= 4 is 23.2 Å². The molecule has 0 spiro atoms. The number of fused-ring (bicyclic) bond motifs is 1. The molecule has 1 aliphatic rings. The molecule has 2 amide bonds. The topological polar surface area (TPSA) is 67.4 Å². The Balaban J connectivity index is 1.28. The van der Waals surface area contributed by atoms with Gasteiger partial charge < -0.3 is 15.4 Å². The molecule has 0 aromatic heterocycles. The minimum atomic E-state index is -0.239. The molecule has 0 radical (unpaired) electrons. The summed E-state index contributed by atoms with van der Waals surface area (Å²) in [6.07, 6.45) is 1.83. The molecule has 1 heterocycles. The van der Waals surface area contributed by atoms with Gasteiger partial charge in [-0.3, -0.25) is 9.59 Å². The highest BCUT2D eigenvalue weighted by molar-refractivity contribution is 5.97. The largest absolute Gasteiger partial charge is 0.482 e. The third-order valence-electron chi connectivity index (χ3n) is 4.91. The van der Waals surface area contributed by atoms with Gasteiger partial charge in [0, 0.05) is 23.7 Å². The first-order valence-corrected chi connectivity index (χ1v) is 9.79. The van der Waals surface area contributed by atoms with Crippen LogP contribution >= 0.6 is 0 Å². The number of aryl methyl sites for hydroxylation is 1. The molecule has 2 N–H and O–H groups in total. The molecule has 4 rings (SSSR count). The molecule has 0 saturated carbocycles. The van der Waals surface area contributed by atoms with Crippen LogP contribution in [0, 0.1) is 5.82 Å². The zero-order chi connectivity index (χ0) is 20.9. The van der Waals surface area contributed by atoms with Crippen LogP contribution < -0.4 is 15.4 Å². The zero-order valence-electron chi connectivity index (χ0n) is 16.3. The van der Waals surface area contributed by atoms with Crippen molar-refractivity contribution in [1.29, 1.82) is 0 Å². The van der Waals surface area contributed by atoms with E-state index in [-0.39, 0.29) is 24.2 Å². The Labute approximate surface area is 173 Å². The van der Waals surface area contributed by atoms with Crippen LogP contribution in [0.25, 0.3) is 11.1 Å². The molecule has 5 nitrogen and oxygen atoms in total. The molecule has 3 aromatic rings. The van der Waals surface area contributed by atoms with Gasteiger partial charge in [0.2, 0.25) is 5.91 Å². The summed E-state index contributed by atoms with van der Waals surface area (Å²) in [4.78, 5) is 23.5. The Morgan fingerprint density at radius 1 is 1.07 bits per heavy atom. The average molecular weight is 404 g/mol. The van der Waals surface area contributed by atoms with Gasteiger partial charge in [0.25, 0.3) is 5.91 Å². The summed E-state index contributed by atoms with van der Waals surface area (Å²) < 4.78 is 19.2. The number of carbonyl (C=O) groups is 2. The van der Waals surface area contributed by atoms with E-state index in [4.69, 9.17) is 4.74 Å². The number of rotatable bonds is 6. The van der Waals surface area contributed by atoms with E-state index in [0.717, 1.165) is 17.5 Å². The first-order chi connectivity index (χ1) is 14.6. The Kier molecular flexibility index (Phi) is 5.75. The first-order valence-electron chi connectivity index (χ1n) is 9.79. The van der Waals surface area contributed by atoms with E-state index in [1.165, 1.54) is 6.07 Å². The van der Waals surface area contributed by atoms with Crippen LogP contribution in [0.5, 0.6) is 5.75 Å². The minimum absolute atomic E-state index is 0.0277. The number of benzene rings is 3.